The predicted molar refractivity (Wildman–Crippen MR) is 21.0 cm³/mol. The van der Waals surface area contributed by atoms with Crippen LogP contribution in [-0.4, -0.2) is 6.67 Å². The van der Waals surface area contributed by atoms with Crippen LogP contribution in [0.15, 0.2) is 11.6 Å². The molecule has 0 nitrogen and oxygen atoms in total. The molecule has 30 valence electrons. The Kier molecular flexibility index (Phi) is 3.93. The number of allylic oxidation sites excluding steroid dienone is 1. The molecule has 0 heterocycles. The van der Waals surface area contributed by atoms with E-state index in [2.05, 4.69) is 0 Å². The van der Waals surface area contributed by atoms with Crippen molar-refractivity contribution in [2.24, 2.45) is 0 Å². The minimum atomic E-state index is -0.469. The normalized spacial score (nSPS) is 10.0. The zero-order valence-corrected chi connectivity index (χ0v) is 3.37. The van der Waals surface area contributed by atoms with Crippen LogP contribution in [0, 0.1) is 0 Å². The van der Waals surface area contributed by atoms with Gasteiger partial charge in [0.15, 0.2) is 0 Å². The molecule has 0 N–H and O–H groups in total. The summed E-state index contributed by atoms with van der Waals surface area (Å²) in [7, 11) is 0. The second kappa shape index (κ2) is 3.96. The van der Waals surface area contributed by atoms with E-state index in [0.717, 1.165) is 5.54 Å². The maximum atomic E-state index is 10.8. The van der Waals surface area contributed by atoms with Crippen molar-refractivity contribution < 1.29 is 4.39 Å². The molecular formula is C3H4ClF. The monoisotopic (exact) mass is 94.0 g/mol. The van der Waals surface area contributed by atoms with E-state index >= 15 is 0 Å². The van der Waals surface area contributed by atoms with Crippen LogP contribution in [0.1, 0.15) is 0 Å². The summed E-state index contributed by atoms with van der Waals surface area (Å²) < 4.78 is 10.8. The highest BCUT2D eigenvalue weighted by Gasteiger charge is 1.57. The van der Waals surface area contributed by atoms with Crippen LogP contribution in [-0.2, 0) is 0 Å². The van der Waals surface area contributed by atoms with E-state index in [1.165, 1.54) is 6.08 Å². The molecule has 2 heteroatoms. The van der Waals surface area contributed by atoms with Gasteiger partial charge in [0, 0.05) is 5.54 Å². The quantitative estimate of drug-likeness (QED) is 0.464. The van der Waals surface area contributed by atoms with Crippen LogP contribution in [0.5, 0.6) is 0 Å². The Bertz CT molecular complexity index is 33.9. The molecule has 0 atom stereocenters. The summed E-state index contributed by atoms with van der Waals surface area (Å²) in [4.78, 5) is 0. The van der Waals surface area contributed by atoms with Crippen molar-refractivity contribution in [3.63, 3.8) is 0 Å². The van der Waals surface area contributed by atoms with Gasteiger partial charge >= 0.3 is 0 Å². The molecule has 0 rings (SSSR count). The highest BCUT2D eigenvalue weighted by atomic mass is 35.5. The smallest absolute Gasteiger partial charge is 0.109 e. The first-order valence-corrected chi connectivity index (χ1v) is 1.66. The summed E-state index contributed by atoms with van der Waals surface area (Å²) in [6.45, 7) is -0.469. The number of rotatable bonds is 1. The molecule has 0 aliphatic heterocycles. The first-order valence-electron chi connectivity index (χ1n) is 1.23. The number of halogens is 2. The highest BCUT2D eigenvalue weighted by molar-refractivity contribution is 6.25. The van der Waals surface area contributed by atoms with Crippen LogP contribution < -0.4 is 0 Å². The molecule has 0 aliphatic carbocycles. The molecule has 0 saturated carbocycles. The van der Waals surface area contributed by atoms with E-state index in [-0.39, 0.29) is 0 Å². The minimum Gasteiger partial charge on any atom is -0.247 e. The molecule has 0 unspecified atom stereocenters. The fourth-order valence-corrected chi connectivity index (χ4v) is 0.101. The van der Waals surface area contributed by atoms with Crippen LogP contribution in [0.2, 0.25) is 0 Å². The van der Waals surface area contributed by atoms with Crippen molar-refractivity contribution in [3.8, 4) is 0 Å². The SMILES string of the molecule is FC/C=C\Cl. The van der Waals surface area contributed by atoms with Gasteiger partial charge < -0.3 is 0 Å². The van der Waals surface area contributed by atoms with Gasteiger partial charge in [-0.25, -0.2) is 4.39 Å². The molecule has 0 saturated heterocycles. The van der Waals surface area contributed by atoms with Crippen molar-refractivity contribution in [1.29, 1.82) is 0 Å². The average molecular weight is 94.5 g/mol. The van der Waals surface area contributed by atoms with Crippen molar-refractivity contribution in [1.82, 2.24) is 0 Å². The van der Waals surface area contributed by atoms with Crippen LogP contribution >= 0.6 is 11.6 Å². The van der Waals surface area contributed by atoms with E-state index in [4.69, 9.17) is 11.6 Å². The first-order chi connectivity index (χ1) is 2.41. The molecule has 5 heavy (non-hydrogen) atoms. The molecule has 0 radical (unpaired) electrons. The van der Waals surface area contributed by atoms with Crippen molar-refractivity contribution in [2.45, 2.75) is 0 Å². The molecular weight excluding hydrogens is 90.5 g/mol. The van der Waals surface area contributed by atoms with E-state index in [0.29, 0.717) is 0 Å². The summed E-state index contributed by atoms with van der Waals surface area (Å²) in [6, 6.07) is 0. The fraction of sp³-hybridized carbons (Fsp3) is 0.333. The number of hydrogen-bond acceptors (Lipinski definition) is 0. The fourth-order valence-electron chi connectivity index (χ4n) is 0.0337. The molecule has 0 spiro atoms. The summed E-state index contributed by atoms with van der Waals surface area (Å²) in [5.74, 6) is 0. The lowest BCUT2D eigenvalue weighted by atomic mass is 10.7. The van der Waals surface area contributed by atoms with Gasteiger partial charge in [-0.3, -0.25) is 0 Å². The predicted octanol–water partition coefficient (Wildman–Crippen LogP) is 1.71. The summed E-state index contributed by atoms with van der Waals surface area (Å²) in [6.07, 6.45) is 1.22. The lowest BCUT2D eigenvalue weighted by Gasteiger charge is -1.60. The summed E-state index contributed by atoms with van der Waals surface area (Å²) >= 11 is 4.88. The van der Waals surface area contributed by atoms with Gasteiger partial charge in [0.2, 0.25) is 0 Å². The molecule has 0 fully saturated rings. The standard InChI is InChI=1S/C3H4ClF/c4-2-1-3-5/h1-2H,3H2/b2-1-. The number of hydrogen-bond donors (Lipinski definition) is 0. The molecule has 0 amide bonds. The zero-order valence-electron chi connectivity index (χ0n) is 2.62. The van der Waals surface area contributed by atoms with Crippen LogP contribution in [0.25, 0.3) is 0 Å². The molecule has 0 bridgehead atoms. The zero-order chi connectivity index (χ0) is 4.12. The van der Waals surface area contributed by atoms with E-state index in [1.54, 1.807) is 0 Å². The topological polar surface area (TPSA) is 0 Å². The van der Waals surface area contributed by atoms with E-state index in [1.807, 2.05) is 0 Å². The number of alkyl halides is 1. The maximum absolute atomic E-state index is 10.8. The second-order valence-electron chi connectivity index (χ2n) is 0.516. The Morgan fingerprint density at radius 2 is 2.40 bits per heavy atom. The van der Waals surface area contributed by atoms with Gasteiger partial charge in [-0.15, -0.1) is 0 Å². The van der Waals surface area contributed by atoms with Gasteiger partial charge in [0.1, 0.15) is 6.67 Å². The van der Waals surface area contributed by atoms with Crippen LogP contribution in [0.4, 0.5) is 4.39 Å². The highest BCUT2D eigenvalue weighted by Crippen LogP contribution is 1.75. The lowest BCUT2D eigenvalue weighted by Crippen LogP contribution is -1.51. The lowest BCUT2D eigenvalue weighted by molar-refractivity contribution is 0.562. The summed E-state index contributed by atoms with van der Waals surface area (Å²) in [5, 5.41) is 0. The first kappa shape index (κ1) is 4.96. The van der Waals surface area contributed by atoms with Gasteiger partial charge in [-0.1, -0.05) is 11.6 Å². The van der Waals surface area contributed by atoms with Crippen molar-refractivity contribution in [3.05, 3.63) is 11.6 Å². The van der Waals surface area contributed by atoms with Crippen LogP contribution in [0.3, 0.4) is 0 Å². The minimum absolute atomic E-state index is 0.469. The Morgan fingerprint density at radius 3 is 2.40 bits per heavy atom. The third-order valence-electron chi connectivity index (χ3n) is 0.178. The Labute approximate surface area is 35.2 Å². The van der Waals surface area contributed by atoms with Gasteiger partial charge in [-0.05, 0) is 6.08 Å². The third-order valence-corrected chi connectivity index (χ3v) is 0.356. The average Bonchev–Trinajstić information content (AvgIpc) is 1.41. The molecule has 0 aromatic carbocycles. The Balaban J connectivity index is 2.62. The van der Waals surface area contributed by atoms with Gasteiger partial charge in [0.05, 0.1) is 0 Å². The molecule has 0 aromatic heterocycles. The third kappa shape index (κ3) is 3.96. The molecule has 0 aromatic rings. The van der Waals surface area contributed by atoms with Gasteiger partial charge in [-0.2, -0.15) is 0 Å². The van der Waals surface area contributed by atoms with E-state index in [9.17, 15) is 4.39 Å². The van der Waals surface area contributed by atoms with E-state index < -0.39 is 6.67 Å². The molecule has 0 aliphatic rings. The second-order valence-corrected chi connectivity index (χ2v) is 0.768. The maximum Gasteiger partial charge on any atom is 0.109 e. The van der Waals surface area contributed by atoms with Crippen molar-refractivity contribution >= 4 is 11.6 Å². The Hall–Kier alpha value is -0.0400. The summed E-state index contributed by atoms with van der Waals surface area (Å²) in [5.41, 5.74) is 1.15. The van der Waals surface area contributed by atoms with Crippen molar-refractivity contribution in [2.75, 3.05) is 6.67 Å². The van der Waals surface area contributed by atoms with Gasteiger partial charge in [0.25, 0.3) is 0 Å². The Morgan fingerprint density at radius 1 is 1.80 bits per heavy atom. The largest absolute Gasteiger partial charge is 0.247 e.